The van der Waals surface area contributed by atoms with Crippen LogP contribution in [0.25, 0.3) is 10.8 Å². The highest BCUT2D eigenvalue weighted by Gasteiger charge is 2.44. The van der Waals surface area contributed by atoms with E-state index in [0.717, 1.165) is 30.6 Å². The van der Waals surface area contributed by atoms with Gasteiger partial charge in [-0.1, -0.05) is 99.2 Å². The second kappa shape index (κ2) is 12.0. The summed E-state index contributed by atoms with van der Waals surface area (Å²) in [5.41, 5.74) is 7.54. The molecule has 0 aliphatic heterocycles. The standard InChI is InChI=1S/C40H46O3/c1-3-42-27(2)43-38-23-21-33(25-35(38)29-14-8-5-9-15-29)40(26-31-18-10-16-30-17-11-19-36(40)39(30)31)32-20-22-37(41)34(24-32)28-12-6-4-7-13-28/h10-11,16-25,27-29,41H,3-9,12-15,26H2,1-2H3. The molecule has 43 heavy (non-hydrogen) atoms. The molecule has 2 fully saturated rings. The lowest BCUT2D eigenvalue weighted by Gasteiger charge is -2.35. The third-order valence-electron chi connectivity index (χ3n) is 10.7. The molecular formula is C40H46O3. The summed E-state index contributed by atoms with van der Waals surface area (Å²) in [5, 5.41) is 13.9. The zero-order valence-corrected chi connectivity index (χ0v) is 25.9. The Morgan fingerprint density at radius 1 is 0.767 bits per heavy atom. The van der Waals surface area contributed by atoms with Crippen LogP contribution in [0.2, 0.25) is 0 Å². The minimum Gasteiger partial charge on any atom is -0.508 e. The monoisotopic (exact) mass is 574 g/mol. The number of hydrogen-bond acceptors (Lipinski definition) is 3. The SMILES string of the molecule is CCOC(C)Oc1ccc(C2(c3ccc(O)c(C4CCCCC4)c3)Cc3cccc4cccc2c34)cc1C1CCCCC1. The first-order valence-electron chi connectivity index (χ1n) is 16.9. The van der Waals surface area contributed by atoms with Gasteiger partial charge in [-0.15, -0.1) is 0 Å². The molecule has 2 unspecified atom stereocenters. The summed E-state index contributed by atoms with van der Waals surface area (Å²) in [6.07, 6.45) is 13.0. The van der Waals surface area contributed by atoms with Gasteiger partial charge in [-0.25, -0.2) is 0 Å². The maximum absolute atomic E-state index is 11.2. The van der Waals surface area contributed by atoms with E-state index >= 15 is 0 Å². The van der Waals surface area contributed by atoms with E-state index in [1.807, 2.05) is 19.9 Å². The molecule has 0 radical (unpaired) electrons. The van der Waals surface area contributed by atoms with E-state index in [2.05, 4.69) is 66.7 Å². The smallest absolute Gasteiger partial charge is 0.196 e. The average molecular weight is 575 g/mol. The number of rotatable bonds is 8. The predicted molar refractivity (Wildman–Crippen MR) is 175 cm³/mol. The van der Waals surface area contributed by atoms with Crippen molar-refractivity contribution in [2.75, 3.05) is 6.61 Å². The Kier molecular flexibility index (Phi) is 7.95. The van der Waals surface area contributed by atoms with E-state index in [0.29, 0.717) is 24.2 Å². The first-order chi connectivity index (χ1) is 21.1. The fourth-order valence-corrected chi connectivity index (χ4v) is 8.65. The first kappa shape index (κ1) is 28.5. The summed E-state index contributed by atoms with van der Waals surface area (Å²) in [7, 11) is 0. The lowest BCUT2D eigenvalue weighted by molar-refractivity contribution is -0.0620. The average Bonchev–Trinajstić information content (AvgIpc) is 3.39. The van der Waals surface area contributed by atoms with Crippen LogP contribution in [0.5, 0.6) is 11.5 Å². The van der Waals surface area contributed by atoms with Crippen LogP contribution in [0.1, 0.15) is 123 Å². The Balaban J connectivity index is 1.43. The molecule has 0 heterocycles. The summed E-state index contributed by atoms with van der Waals surface area (Å²) >= 11 is 0. The van der Waals surface area contributed by atoms with Gasteiger partial charge in [-0.05, 0) is 114 Å². The van der Waals surface area contributed by atoms with Crippen molar-refractivity contribution in [2.45, 2.75) is 108 Å². The van der Waals surface area contributed by atoms with Crippen LogP contribution in [0.15, 0.2) is 72.8 Å². The summed E-state index contributed by atoms with van der Waals surface area (Å²) in [6, 6.07) is 27.2. The number of phenolic OH excluding ortho intramolecular Hbond substituents is 1. The molecule has 0 aromatic heterocycles. The molecule has 2 atom stereocenters. The fraction of sp³-hybridized carbons (Fsp3) is 0.450. The molecule has 4 aromatic carbocycles. The minimum atomic E-state index is -0.339. The topological polar surface area (TPSA) is 38.7 Å². The predicted octanol–water partition coefficient (Wildman–Crippen LogP) is 10.3. The van der Waals surface area contributed by atoms with Gasteiger partial charge in [0.1, 0.15) is 11.5 Å². The quantitative estimate of drug-likeness (QED) is 0.213. The van der Waals surface area contributed by atoms with E-state index in [1.54, 1.807) is 0 Å². The molecule has 2 saturated carbocycles. The normalized spacial score (nSPS) is 21.7. The molecule has 3 aliphatic rings. The number of phenols is 1. The Hall–Kier alpha value is -3.30. The molecule has 3 nitrogen and oxygen atoms in total. The summed E-state index contributed by atoms with van der Waals surface area (Å²) in [4.78, 5) is 0. The van der Waals surface area contributed by atoms with Gasteiger partial charge in [0.25, 0.3) is 0 Å². The maximum atomic E-state index is 11.2. The Morgan fingerprint density at radius 2 is 1.40 bits per heavy atom. The summed E-state index contributed by atoms with van der Waals surface area (Å²) in [6.45, 7) is 4.65. The van der Waals surface area contributed by atoms with Crippen LogP contribution < -0.4 is 4.74 Å². The van der Waals surface area contributed by atoms with Gasteiger partial charge in [-0.2, -0.15) is 0 Å². The van der Waals surface area contributed by atoms with Crippen LogP contribution in [-0.4, -0.2) is 18.0 Å². The molecule has 1 N–H and O–H groups in total. The van der Waals surface area contributed by atoms with Crippen molar-refractivity contribution < 1.29 is 14.6 Å². The minimum absolute atomic E-state index is 0.285. The highest BCUT2D eigenvalue weighted by Crippen LogP contribution is 2.53. The number of benzene rings is 4. The third kappa shape index (κ3) is 5.14. The largest absolute Gasteiger partial charge is 0.508 e. The Morgan fingerprint density at radius 3 is 2.09 bits per heavy atom. The molecule has 0 saturated heterocycles. The lowest BCUT2D eigenvalue weighted by Crippen LogP contribution is -2.29. The van der Waals surface area contributed by atoms with Gasteiger partial charge >= 0.3 is 0 Å². The van der Waals surface area contributed by atoms with Crippen LogP contribution in [0, 0.1) is 0 Å². The number of ether oxygens (including phenoxy) is 2. The number of aromatic hydroxyl groups is 1. The van der Waals surface area contributed by atoms with Gasteiger partial charge < -0.3 is 14.6 Å². The van der Waals surface area contributed by atoms with E-state index in [4.69, 9.17) is 9.47 Å². The molecule has 0 bridgehead atoms. The maximum Gasteiger partial charge on any atom is 0.196 e. The van der Waals surface area contributed by atoms with E-state index in [9.17, 15) is 5.11 Å². The van der Waals surface area contributed by atoms with Crippen LogP contribution >= 0.6 is 0 Å². The fourth-order valence-electron chi connectivity index (χ4n) is 8.65. The summed E-state index contributed by atoms with van der Waals surface area (Å²) in [5.74, 6) is 2.34. The van der Waals surface area contributed by atoms with Crippen molar-refractivity contribution in [3.63, 3.8) is 0 Å². The van der Waals surface area contributed by atoms with E-state index in [1.165, 1.54) is 90.0 Å². The van der Waals surface area contributed by atoms with Crippen molar-refractivity contribution in [1.82, 2.24) is 0 Å². The second-order valence-electron chi connectivity index (χ2n) is 13.2. The molecule has 4 aromatic rings. The molecule has 224 valence electrons. The van der Waals surface area contributed by atoms with Gasteiger partial charge in [0.05, 0.1) is 0 Å². The first-order valence-corrected chi connectivity index (χ1v) is 16.9. The van der Waals surface area contributed by atoms with Crippen molar-refractivity contribution in [3.05, 3.63) is 106 Å². The highest BCUT2D eigenvalue weighted by molar-refractivity contribution is 5.94. The van der Waals surface area contributed by atoms with E-state index < -0.39 is 0 Å². The van der Waals surface area contributed by atoms with Crippen LogP contribution in [0.3, 0.4) is 0 Å². The van der Waals surface area contributed by atoms with Crippen LogP contribution in [0.4, 0.5) is 0 Å². The molecule has 3 aliphatic carbocycles. The third-order valence-corrected chi connectivity index (χ3v) is 10.7. The van der Waals surface area contributed by atoms with Crippen molar-refractivity contribution in [1.29, 1.82) is 0 Å². The lowest BCUT2D eigenvalue weighted by atomic mass is 9.67. The second-order valence-corrected chi connectivity index (χ2v) is 13.2. The zero-order valence-electron chi connectivity index (χ0n) is 25.9. The van der Waals surface area contributed by atoms with Gasteiger partial charge in [-0.3, -0.25) is 0 Å². The van der Waals surface area contributed by atoms with Gasteiger partial charge in [0, 0.05) is 12.0 Å². The summed E-state index contributed by atoms with van der Waals surface area (Å²) < 4.78 is 12.3. The van der Waals surface area contributed by atoms with Gasteiger partial charge in [0.2, 0.25) is 0 Å². The Labute approximate surface area is 257 Å². The van der Waals surface area contributed by atoms with Crippen molar-refractivity contribution in [3.8, 4) is 11.5 Å². The highest BCUT2D eigenvalue weighted by atomic mass is 16.7. The molecule has 7 rings (SSSR count). The van der Waals surface area contributed by atoms with E-state index in [-0.39, 0.29) is 11.7 Å². The molecular weight excluding hydrogens is 528 g/mol. The van der Waals surface area contributed by atoms with Crippen molar-refractivity contribution in [2.24, 2.45) is 0 Å². The van der Waals surface area contributed by atoms with Crippen molar-refractivity contribution >= 4 is 10.8 Å². The molecule has 0 spiro atoms. The molecule has 3 heteroatoms. The zero-order chi connectivity index (χ0) is 29.4. The number of hydrogen-bond donors (Lipinski definition) is 1. The Bertz CT molecular complexity index is 1590. The van der Waals surface area contributed by atoms with Gasteiger partial charge in [0.15, 0.2) is 6.29 Å². The molecule has 0 amide bonds. The van der Waals surface area contributed by atoms with Crippen LogP contribution in [-0.2, 0) is 16.6 Å².